The molecule has 0 unspecified atom stereocenters. The van der Waals surface area contributed by atoms with Gasteiger partial charge in [-0.3, -0.25) is 9.89 Å². The monoisotopic (exact) mass is 339 g/mol. The first-order valence-corrected chi connectivity index (χ1v) is 9.13. The number of thiazole rings is 1. The summed E-state index contributed by atoms with van der Waals surface area (Å²) < 4.78 is 5.19. The Kier molecular flexibility index (Phi) is 7.78. The van der Waals surface area contributed by atoms with Gasteiger partial charge in [-0.2, -0.15) is 0 Å². The molecule has 23 heavy (non-hydrogen) atoms. The van der Waals surface area contributed by atoms with E-state index in [0.29, 0.717) is 0 Å². The number of hydrogen-bond acceptors (Lipinski definition) is 5. The number of nitrogens with one attached hydrogen (secondary N) is 2. The van der Waals surface area contributed by atoms with Crippen molar-refractivity contribution >= 4 is 17.3 Å². The van der Waals surface area contributed by atoms with Crippen LogP contribution in [0.4, 0.5) is 0 Å². The average molecular weight is 340 g/mol. The number of rotatable bonds is 10. The van der Waals surface area contributed by atoms with Gasteiger partial charge >= 0.3 is 0 Å². The Morgan fingerprint density at radius 1 is 1.39 bits per heavy atom. The lowest BCUT2D eigenvalue weighted by Gasteiger charge is -2.22. The minimum atomic E-state index is 0.759. The quantitative estimate of drug-likeness (QED) is 0.496. The van der Waals surface area contributed by atoms with Crippen LogP contribution in [0.5, 0.6) is 0 Å². The Balaban J connectivity index is 1.62. The molecule has 0 saturated heterocycles. The lowest BCUT2D eigenvalue weighted by molar-refractivity contribution is 0.144. The van der Waals surface area contributed by atoms with Gasteiger partial charge in [-0.25, -0.2) is 4.98 Å². The SMILES string of the molecule is CN=C(NCCc1ncc(C)s1)NCCN(CCOC)C1CC1. The Bertz CT molecular complexity index is 487. The lowest BCUT2D eigenvalue weighted by atomic mass is 10.4. The molecule has 7 heteroatoms. The van der Waals surface area contributed by atoms with Gasteiger partial charge in [-0.05, 0) is 19.8 Å². The minimum absolute atomic E-state index is 0.759. The van der Waals surface area contributed by atoms with Crippen molar-refractivity contribution in [3.8, 4) is 0 Å². The van der Waals surface area contributed by atoms with Gasteiger partial charge < -0.3 is 15.4 Å². The van der Waals surface area contributed by atoms with Crippen molar-refractivity contribution in [3.05, 3.63) is 16.1 Å². The Hall–Kier alpha value is -1.18. The summed E-state index contributed by atoms with van der Waals surface area (Å²) >= 11 is 1.76. The van der Waals surface area contributed by atoms with Crippen LogP contribution in [-0.4, -0.2) is 68.8 Å². The molecule has 0 radical (unpaired) electrons. The summed E-state index contributed by atoms with van der Waals surface area (Å²) in [6.45, 7) is 6.68. The first-order chi connectivity index (χ1) is 11.2. The summed E-state index contributed by atoms with van der Waals surface area (Å²) in [5.74, 6) is 0.862. The van der Waals surface area contributed by atoms with E-state index in [2.05, 4.69) is 32.4 Å². The topological polar surface area (TPSA) is 61.8 Å². The number of aromatic nitrogens is 1. The first kappa shape index (κ1) is 18.2. The van der Waals surface area contributed by atoms with Crippen molar-refractivity contribution in [3.63, 3.8) is 0 Å². The molecule has 2 rings (SSSR count). The molecular formula is C16H29N5OS. The molecule has 0 amide bonds. The fourth-order valence-corrected chi connectivity index (χ4v) is 3.26. The van der Waals surface area contributed by atoms with Gasteiger partial charge in [-0.1, -0.05) is 0 Å². The maximum absolute atomic E-state index is 5.19. The molecule has 1 fully saturated rings. The van der Waals surface area contributed by atoms with E-state index in [9.17, 15) is 0 Å². The van der Waals surface area contributed by atoms with Crippen LogP contribution in [0.3, 0.4) is 0 Å². The van der Waals surface area contributed by atoms with Gasteiger partial charge in [0.1, 0.15) is 0 Å². The molecule has 1 heterocycles. The highest BCUT2D eigenvalue weighted by molar-refractivity contribution is 7.11. The number of aryl methyl sites for hydroxylation is 1. The largest absolute Gasteiger partial charge is 0.383 e. The van der Waals surface area contributed by atoms with Gasteiger partial charge in [0.05, 0.1) is 11.6 Å². The van der Waals surface area contributed by atoms with Crippen molar-refractivity contribution in [2.45, 2.75) is 32.2 Å². The van der Waals surface area contributed by atoms with Crippen LogP contribution < -0.4 is 10.6 Å². The van der Waals surface area contributed by atoms with E-state index in [0.717, 1.165) is 51.2 Å². The fourth-order valence-electron chi connectivity index (χ4n) is 2.47. The molecular weight excluding hydrogens is 310 g/mol. The van der Waals surface area contributed by atoms with Crippen molar-refractivity contribution in [1.82, 2.24) is 20.5 Å². The number of aliphatic imine (C=N–C) groups is 1. The summed E-state index contributed by atoms with van der Waals surface area (Å²) in [5, 5.41) is 7.91. The molecule has 1 aliphatic rings. The zero-order chi connectivity index (χ0) is 16.5. The first-order valence-electron chi connectivity index (χ1n) is 8.31. The highest BCUT2D eigenvalue weighted by Gasteiger charge is 2.28. The summed E-state index contributed by atoms with van der Waals surface area (Å²) in [6.07, 6.45) is 5.51. The van der Waals surface area contributed by atoms with Gasteiger partial charge in [0.2, 0.25) is 0 Å². The van der Waals surface area contributed by atoms with Gasteiger partial charge in [0, 0.05) is 63.9 Å². The number of guanidine groups is 1. The predicted molar refractivity (Wildman–Crippen MR) is 96.4 cm³/mol. The van der Waals surface area contributed by atoms with E-state index in [1.165, 1.54) is 22.7 Å². The fraction of sp³-hybridized carbons (Fsp3) is 0.750. The summed E-state index contributed by atoms with van der Waals surface area (Å²) in [5.41, 5.74) is 0. The summed E-state index contributed by atoms with van der Waals surface area (Å²) in [6, 6.07) is 0.759. The second kappa shape index (κ2) is 9.85. The maximum atomic E-state index is 5.19. The van der Waals surface area contributed by atoms with Crippen molar-refractivity contribution in [1.29, 1.82) is 0 Å². The third-order valence-corrected chi connectivity index (χ3v) is 4.83. The number of hydrogen-bond donors (Lipinski definition) is 2. The van der Waals surface area contributed by atoms with E-state index in [4.69, 9.17) is 4.74 Å². The van der Waals surface area contributed by atoms with Crippen LogP contribution in [-0.2, 0) is 11.2 Å². The molecule has 1 saturated carbocycles. The molecule has 130 valence electrons. The van der Waals surface area contributed by atoms with E-state index in [1.807, 2.05) is 13.2 Å². The highest BCUT2D eigenvalue weighted by Crippen LogP contribution is 2.25. The van der Waals surface area contributed by atoms with Crippen LogP contribution in [0.25, 0.3) is 0 Å². The second-order valence-corrected chi connectivity index (χ2v) is 7.12. The van der Waals surface area contributed by atoms with Crippen LogP contribution in [0.1, 0.15) is 22.7 Å². The average Bonchev–Trinajstić information content (AvgIpc) is 3.31. The Morgan fingerprint density at radius 2 is 2.17 bits per heavy atom. The van der Waals surface area contributed by atoms with Crippen molar-refractivity contribution in [2.75, 3.05) is 46.9 Å². The van der Waals surface area contributed by atoms with Crippen LogP contribution in [0, 0.1) is 6.92 Å². The smallest absolute Gasteiger partial charge is 0.191 e. The molecule has 0 aliphatic heterocycles. The minimum Gasteiger partial charge on any atom is -0.383 e. The number of nitrogens with zero attached hydrogens (tertiary/aromatic N) is 3. The van der Waals surface area contributed by atoms with Crippen molar-refractivity contribution < 1.29 is 4.74 Å². The summed E-state index contributed by atoms with van der Waals surface area (Å²) in [4.78, 5) is 12.4. The molecule has 6 nitrogen and oxygen atoms in total. The zero-order valence-electron chi connectivity index (χ0n) is 14.5. The maximum Gasteiger partial charge on any atom is 0.191 e. The highest BCUT2D eigenvalue weighted by atomic mass is 32.1. The molecule has 1 aliphatic carbocycles. The van der Waals surface area contributed by atoms with E-state index < -0.39 is 0 Å². The molecule has 0 bridgehead atoms. The van der Waals surface area contributed by atoms with Crippen molar-refractivity contribution in [2.24, 2.45) is 4.99 Å². The second-order valence-electron chi connectivity index (χ2n) is 5.80. The zero-order valence-corrected chi connectivity index (χ0v) is 15.3. The van der Waals surface area contributed by atoms with Gasteiger partial charge in [-0.15, -0.1) is 11.3 Å². The normalized spacial score (nSPS) is 15.2. The van der Waals surface area contributed by atoms with E-state index in [-0.39, 0.29) is 0 Å². The molecule has 0 atom stereocenters. The number of ether oxygens (including phenoxy) is 1. The molecule has 0 spiro atoms. The standard InChI is InChI=1S/C16H29N5OS/c1-13-12-20-15(23-13)6-7-18-16(17-2)19-8-9-21(10-11-22-3)14-4-5-14/h12,14H,4-11H2,1-3H3,(H2,17,18,19). The predicted octanol–water partition coefficient (Wildman–Crippen LogP) is 1.27. The molecule has 0 aromatic carbocycles. The summed E-state index contributed by atoms with van der Waals surface area (Å²) in [7, 11) is 3.57. The van der Waals surface area contributed by atoms with Gasteiger partial charge in [0.15, 0.2) is 5.96 Å². The Morgan fingerprint density at radius 3 is 2.78 bits per heavy atom. The lowest BCUT2D eigenvalue weighted by Crippen LogP contribution is -2.43. The van der Waals surface area contributed by atoms with E-state index in [1.54, 1.807) is 18.4 Å². The molecule has 2 N–H and O–H groups in total. The number of methoxy groups -OCH3 is 1. The Labute approximate surface area is 143 Å². The third-order valence-electron chi connectivity index (χ3n) is 3.86. The third kappa shape index (κ3) is 6.85. The van der Waals surface area contributed by atoms with Gasteiger partial charge in [0.25, 0.3) is 0 Å². The molecule has 1 aromatic rings. The van der Waals surface area contributed by atoms with Crippen LogP contribution in [0.2, 0.25) is 0 Å². The molecule has 1 aromatic heterocycles. The van der Waals surface area contributed by atoms with E-state index >= 15 is 0 Å². The van der Waals surface area contributed by atoms with Crippen LogP contribution in [0.15, 0.2) is 11.2 Å². The van der Waals surface area contributed by atoms with Crippen LogP contribution >= 0.6 is 11.3 Å².